The number of rotatable bonds is 8. The number of thiocarbonyl (C=S) groups is 1. The topological polar surface area (TPSA) is 79.5 Å². The van der Waals surface area contributed by atoms with Crippen LogP contribution in [-0.2, 0) is 0 Å². The summed E-state index contributed by atoms with van der Waals surface area (Å²) in [5.41, 5.74) is 2.35. The summed E-state index contributed by atoms with van der Waals surface area (Å²) in [5, 5.41) is 8.70. The van der Waals surface area contributed by atoms with Crippen LogP contribution < -0.4 is 20.7 Å². The third-order valence-electron chi connectivity index (χ3n) is 4.86. The first kappa shape index (κ1) is 23.9. The van der Waals surface area contributed by atoms with E-state index in [0.29, 0.717) is 29.2 Å². The highest BCUT2D eigenvalue weighted by Crippen LogP contribution is 2.18. The van der Waals surface area contributed by atoms with Crippen LogP contribution >= 0.6 is 12.2 Å². The number of para-hydroxylation sites is 1. The third-order valence-corrected chi connectivity index (χ3v) is 5.07. The maximum absolute atomic E-state index is 12.9. The summed E-state index contributed by atoms with van der Waals surface area (Å²) in [4.78, 5) is 25.5. The van der Waals surface area contributed by atoms with Crippen molar-refractivity contribution in [1.82, 2.24) is 10.6 Å². The quantitative estimate of drug-likeness (QED) is 0.407. The van der Waals surface area contributed by atoms with Gasteiger partial charge in [0.25, 0.3) is 11.8 Å². The largest absolute Gasteiger partial charge is 0.494 e. The van der Waals surface area contributed by atoms with Crippen molar-refractivity contribution < 1.29 is 14.3 Å². The zero-order valence-corrected chi connectivity index (χ0v) is 19.4. The average molecular weight is 462 g/mol. The number of hydrogen-bond acceptors (Lipinski definition) is 4. The van der Waals surface area contributed by atoms with Crippen LogP contribution in [0.15, 0.2) is 78.9 Å². The highest BCUT2D eigenvalue weighted by Gasteiger charge is 2.16. The van der Waals surface area contributed by atoms with Gasteiger partial charge in [0.05, 0.1) is 23.9 Å². The van der Waals surface area contributed by atoms with Crippen LogP contribution in [0.4, 0.5) is 5.69 Å². The number of benzene rings is 3. The Hall–Kier alpha value is -3.71. The number of nitrogens with one attached hydrogen (secondary N) is 3. The summed E-state index contributed by atoms with van der Waals surface area (Å²) in [7, 11) is 0. The molecule has 3 aromatic rings. The van der Waals surface area contributed by atoms with Crippen molar-refractivity contribution in [2.45, 2.75) is 26.3 Å². The fraction of sp³-hybridized carbons (Fsp3) is 0.192. The number of anilines is 1. The number of carbonyl (C=O) groups is 2. The standard InChI is InChI=1S/C26H27N3O3S/c1-3-16-32-21-13-9-12-20(17-21)24(30)29-26(33)28-23-15-8-7-14-22(23)25(31)27-18(2)19-10-5-4-6-11-19/h4-15,17-18H,3,16H2,1-2H3,(H,27,31)(H2,28,29,30,33). The highest BCUT2D eigenvalue weighted by molar-refractivity contribution is 7.80. The van der Waals surface area contributed by atoms with Crippen LogP contribution in [0.3, 0.4) is 0 Å². The lowest BCUT2D eigenvalue weighted by Gasteiger charge is -2.17. The fourth-order valence-electron chi connectivity index (χ4n) is 3.17. The maximum Gasteiger partial charge on any atom is 0.257 e. The molecule has 3 N–H and O–H groups in total. The fourth-order valence-corrected chi connectivity index (χ4v) is 3.37. The number of hydrogen-bond donors (Lipinski definition) is 3. The highest BCUT2D eigenvalue weighted by atomic mass is 32.1. The van der Waals surface area contributed by atoms with Gasteiger partial charge in [-0.05, 0) is 61.5 Å². The molecule has 1 unspecified atom stereocenters. The second-order valence-electron chi connectivity index (χ2n) is 7.44. The van der Waals surface area contributed by atoms with E-state index >= 15 is 0 Å². The van der Waals surface area contributed by atoms with Crippen LogP contribution in [0.1, 0.15) is 52.6 Å². The van der Waals surface area contributed by atoms with Crippen LogP contribution in [0.5, 0.6) is 5.75 Å². The minimum absolute atomic E-state index is 0.0937. The molecule has 1 atom stereocenters. The molecule has 0 heterocycles. The average Bonchev–Trinajstić information content (AvgIpc) is 2.83. The second-order valence-corrected chi connectivity index (χ2v) is 7.84. The number of amides is 2. The normalized spacial score (nSPS) is 11.2. The van der Waals surface area contributed by atoms with E-state index in [1.165, 1.54) is 0 Å². The maximum atomic E-state index is 12.9. The monoisotopic (exact) mass is 461 g/mol. The molecule has 0 spiro atoms. The van der Waals surface area contributed by atoms with Gasteiger partial charge in [-0.25, -0.2) is 0 Å². The SMILES string of the molecule is CCCOc1cccc(C(=O)NC(=S)Nc2ccccc2C(=O)NC(C)c2ccccc2)c1. The zero-order valence-electron chi connectivity index (χ0n) is 18.6. The first-order chi connectivity index (χ1) is 16.0. The molecule has 6 nitrogen and oxygen atoms in total. The van der Waals surface area contributed by atoms with Gasteiger partial charge in [0.15, 0.2) is 5.11 Å². The Bertz CT molecular complexity index is 1120. The van der Waals surface area contributed by atoms with E-state index in [-0.39, 0.29) is 23.0 Å². The van der Waals surface area contributed by atoms with Gasteiger partial charge in [-0.2, -0.15) is 0 Å². The first-order valence-electron chi connectivity index (χ1n) is 10.8. The lowest BCUT2D eigenvalue weighted by Crippen LogP contribution is -2.35. The van der Waals surface area contributed by atoms with Crippen molar-refractivity contribution in [1.29, 1.82) is 0 Å². The van der Waals surface area contributed by atoms with Gasteiger partial charge in [0.1, 0.15) is 5.75 Å². The minimum Gasteiger partial charge on any atom is -0.494 e. The van der Waals surface area contributed by atoms with E-state index in [0.717, 1.165) is 12.0 Å². The van der Waals surface area contributed by atoms with Gasteiger partial charge >= 0.3 is 0 Å². The van der Waals surface area contributed by atoms with Gasteiger partial charge in [-0.15, -0.1) is 0 Å². The molecule has 0 saturated carbocycles. The van der Waals surface area contributed by atoms with E-state index in [1.807, 2.05) is 44.2 Å². The van der Waals surface area contributed by atoms with Crippen LogP contribution in [0.25, 0.3) is 0 Å². The summed E-state index contributed by atoms with van der Waals surface area (Å²) in [6, 6.07) is 23.5. The Morgan fingerprint density at radius 1 is 0.939 bits per heavy atom. The van der Waals surface area contributed by atoms with Gasteiger partial charge in [-0.1, -0.05) is 55.5 Å². The Morgan fingerprint density at radius 2 is 1.67 bits per heavy atom. The Balaban J connectivity index is 1.65. The minimum atomic E-state index is -0.367. The van der Waals surface area contributed by atoms with Crippen molar-refractivity contribution in [3.63, 3.8) is 0 Å². The third kappa shape index (κ3) is 6.89. The van der Waals surface area contributed by atoms with Crippen molar-refractivity contribution in [2.24, 2.45) is 0 Å². The van der Waals surface area contributed by atoms with E-state index in [2.05, 4.69) is 16.0 Å². The molecule has 3 rings (SSSR count). The molecule has 0 aliphatic rings. The summed E-state index contributed by atoms with van der Waals surface area (Å²) < 4.78 is 5.58. The van der Waals surface area contributed by atoms with Crippen LogP contribution in [0.2, 0.25) is 0 Å². The molecule has 0 fully saturated rings. The molecule has 0 aromatic heterocycles. The van der Waals surface area contributed by atoms with Crippen molar-refractivity contribution in [3.05, 3.63) is 95.6 Å². The van der Waals surface area contributed by atoms with Gasteiger partial charge in [0.2, 0.25) is 0 Å². The van der Waals surface area contributed by atoms with Crippen molar-refractivity contribution in [2.75, 3.05) is 11.9 Å². The molecule has 0 aliphatic heterocycles. The Morgan fingerprint density at radius 3 is 2.42 bits per heavy atom. The van der Waals surface area contributed by atoms with Crippen LogP contribution in [0, 0.1) is 0 Å². The second kappa shape index (κ2) is 11.8. The van der Waals surface area contributed by atoms with Gasteiger partial charge in [-0.3, -0.25) is 14.9 Å². The van der Waals surface area contributed by atoms with Crippen LogP contribution in [-0.4, -0.2) is 23.5 Å². The molecule has 0 radical (unpaired) electrons. The zero-order chi connectivity index (χ0) is 23.6. The predicted molar refractivity (Wildman–Crippen MR) is 135 cm³/mol. The predicted octanol–water partition coefficient (Wildman–Crippen LogP) is 5.09. The van der Waals surface area contributed by atoms with Gasteiger partial charge < -0.3 is 15.4 Å². The van der Waals surface area contributed by atoms with E-state index < -0.39 is 0 Å². The Labute approximate surface area is 199 Å². The molecular weight excluding hydrogens is 434 g/mol. The molecule has 2 amide bonds. The molecule has 0 aliphatic carbocycles. The molecule has 7 heteroatoms. The number of carbonyl (C=O) groups excluding carboxylic acids is 2. The molecule has 3 aromatic carbocycles. The summed E-state index contributed by atoms with van der Waals surface area (Å²) in [6.07, 6.45) is 0.877. The number of ether oxygens (including phenoxy) is 1. The molecule has 0 bridgehead atoms. The summed E-state index contributed by atoms with van der Waals surface area (Å²) in [6.45, 7) is 4.51. The lowest BCUT2D eigenvalue weighted by atomic mass is 10.1. The molecule has 170 valence electrons. The molecule has 0 saturated heterocycles. The van der Waals surface area contributed by atoms with E-state index in [9.17, 15) is 9.59 Å². The van der Waals surface area contributed by atoms with Crippen molar-refractivity contribution in [3.8, 4) is 5.75 Å². The first-order valence-corrected chi connectivity index (χ1v) is 11.2. The molecular formula is C26H27N3O3S. The van der Waals surface area contributed by atoms with Gasteiger partial charge in [0, 0.05) is 5.56 Å². The van der Waals surface area contributed by atoms with E-state index in [4.69, 9.17) is 17.0 Å². The summed E-state index contributed by atoms with van der Waals surface area (Å²) >= 11 is 5.32. The Kier molecular flexibility index (Phi) is 8.55. The van der Waals surface area contributed by atoms with E-state index in [1.54, 1.807) is 48.5 Å². The lowest BCUT2D eigenvalue weighted by molar-refractivity contribution is 0.0939. The summed E-state index contributed by atoms with van der Waals surface area (Å²) in [5.74, 6) is 0.0105. The molecule has 33 heavy (non-hydrogen) atoms. The smallest absolute Gasteiger partial charge is 0.257 e. The van der Waals surface area contributed by atoms with Crippen molar-refractivity contribution >= 4 is 34.8 Å².